The maximum Gasteiger partial charge on any atom is 0.241 e. The molecule has 0 aliphatic heterocycles. The number of aromatic nitrogens is 2. The molecular formula is C17H24N4O2. The van der Waals surface area contributed by atoms with Crippen molar-refractivity contribution in [2.45, 2.75) is 19.4 Å². The smallest absolute Gasteiger partial charge is 0.241 e. The molecule has 2 rings (SSSR count). The van der Waals surface area contributed by atoms with E-state index in [0.717, 1.165) is 28.9 Å². The molecule has 0 aliphatic rings. The molecule has 1 atom stereocenters. The number of hydrogen-bond acceptors (Lipinski definition) is 4. The molecule has 23 heavy (non-hydrogen) atoms. The second-order valence-corrected chi connectivity index (χ2v) is 5.51. The lowest BCUT2D eigenvalue weighted by Gasteiger charge is -2.15. The zero-order chi connectivity index (χ0) is 16.8. The standard InChI is InChI=1S/C17H24N4O2/c1-12-5-6-13(9-15(12)23-4)7-8-19-17(22)16(18-2)14-10-20-21(3)11-14/h5-6,9-11,16,18H,7-8H2,1-4H3,(H,19,22). The molecule has 1 amide bonds. The third-order valence-electron chi connectivity index (χ3n) is 3.79. The molecule has 1 aromatic heterocycles. The summed E-state index contributed by atoms with van der Waals surface area (Å²) in [6.07, 6.45) is 4.29. The van der Waals surface area contributed by atoms with E-state index in [0.29, 0.717) is 6.54 Å². The fourth-order valence-electron chi connectivity index (χ4n) is 2.49. The number of carbonyl (C=O) groups excluding carboxylic acids is 1. The second kappa shape index (κ2) is 7.78. The molecule has 124 valence electrons. The van der Waals surface area contributed by atoms with Gasteiger partial charge in [0.05, 0.1) is 13.3 Å². The first-order chi connectivity index (χ1) is 11.0. The molecule has 1 heterocycles. The average Bonchev–Trinajstić information content (AvgIpc) is 2.96. The summed E-state index contributed by atoms with van der Waals surface area (Å²) in [7, 11) is 5.26. The highest BCUT2D eigenvalue weighted by molar-refractivity contribution is 5.83. The van der Waals surface area contributed by atoms with Crippen molar-refractivity contribution in [1.29, 1.82) is 0 Å². The van der Waals surface area contributed by atoms with Crippen LogP contribution in [0.3, 0.4) is 0 Å². The number of likely N-dealkylation sites (N-methyl/N-ethyl adjacent to an activating group) is 1. The summed E-state index contributed by atoms with van der Waals surface area (Å²) < 4.78 is 7.01. The van der Waals surface area contributed by atoms with E-state index in [9.17, 15) is 4.79 Å². The number of nitrogens with one attached hydrogen (secondary N) is 2. The van der Waals surface area contributed by atoms with Gasteiger partial charge in [0.25, 0.3) is 0 Å². The molecule has 6 heteroatoms. The summed E-state index contributed by atoms with van der Waals surface area (Å²) >= 11 is 0. The normalized spacial score (nSPS) is 12.0. The summed E-state index contributed by atoms with van der Waals surface area (Å²) in [6, 6.07) is 5.71. The van der Waals surface area contributed by atoms with Crippen molar-refractivity contribution in [1.82, 2.24) is 20.4 Å². The van der Waals surface area contributed by atoms with E-state index in [1.165, 1.54) is 0 Å². The first-order valence-electron chi connectivity index (χ1n) is 7.62. The van der Waals surface area contributed by atoms with Crippen LogP contribution in [0.2, 0.25) is 0 Å². The third kappa shape index (κ3) is 4.32. The van der Waals surface area contributed by atoms with Crippen LogP contribution >= 0.6 is 0 Å². The van der Waals surface area contributed by atoms with Gasteiger partial charge in [-0.2, -0.15) is 5.10 Å². The Morgan fingerprint density at radius 2 is 2.22 bits per heavy atom. The van der Waals surface area contributed by atoms with Crippen molar-refractivity contribution in [2.24, 2.45) is 7.05 Å². The first-order valence-corrected chi connectivity index (χ1v) is 7.62. The summed E-state index contributed by atoms with van der Waals surface area (Å²) in [4.78, 5) is 12.3. The Morgan fingerprint density at radius 3 is 2.83 bits per heavy atom. The molecule has 0 radical (unpaired) electrons. The van der Waals surface area contributed by atoms with E-state index in [1.54, 1.807) is 25.0 Å². The predicted molar refractivity (Wildman–Crippen MR) is 89.5 cm³/mol. The number of aryl methyl sites for hydroxylation is 2. The van der Waals surface area contributed by atoms with Crippen molar-refractivity contribution < 1.29 is 9.53 Å². The van der Waals surface area contributed by atoms with Gasteiger partial charge >= 0.3 is 0 Å². The zero-order valence-corrected chi connectivity index (χ0v) is 14.1. The van der Waals surface area contributed by atoms with Crippen LogP contribution < -0.4 is 15.4 Å². The van der Waals surface area contributed by atoms with Gasteiger partial charge in [-0.3, -0.25) is 9.48 Å². The average molecular weight is 316 g/mol. The largest absolute Gasteiger partial charge is 0.496 e. The molecule has 0 bridgehead atoms. The van der Waals surface area contributed by atoms with Gasteiger partial charge in [0, 0.05) is 25.4 Å². The van der Waals surface area contributed by atoms with E-state index >= 15 is 0 Å². The predicted octanol–water partition coefficient (Wildman–Crippen LogP) is 1.36. The number of benzene rings is 1. The zero-order valence-electron chi connectivity index (χ0n) is 14.1. The van der Waals surface area contributed by atoms with Crippen molar-refractivity contribution in [3.8, 4) is 5.75 Å². The van der Waals surface area contributed by atoms with E-state index in [1.807, 2.05) is 32.3 Å². The maximum atomic E-state index is 12.3. The highest BCUT2D eigenvalue weighted by atomic mass is 16.5. The summed E-state index contributed by atoms with van der Waals surface area (Å²) in [5.41, 5.74) is 3.09. The molecule has 0 aliphatic carbocycles. The maximum absolute atomic E-state index is 12.3. The highest BCUT2D eigenvalue weighted by Crippen LogP contribution is 2.19. The lowest BCUT2D eigenvalue weighted by Crippen LogP contribution is -2.36. The van der Waals surface area contributed by atoms with Crippen LogP contribution in [0.1, 0.15) is 22.7 Å². The van der Waals surface area contributed by atoms with Crippen LogP contribution in [0.25, 0.3) is 0 Å². The fraction of sp³-hybridized carbons (Fsp3) is 0.412. The van der Waals surface area contributed by atoms with Gasteiger partial charge in [-0.1, -0.05) is 12.1 Å². The molecule has 0 saturated carbocycles. The monoisotopic (exact) mass is 316 g/mol. The van der Waals surface area contributed by atoms with Crippen LogP contribution in [0.5, 0.6) is 5.75 Å². The lowest BCUT2D eigenvalue weighted by atomic mass is 10.1. The van der Waals surface area contributed by atoms with E-state index in [4.69, 9.17) is 4.74 Å². The molecule has 1 aromatic carbocycles. The number of nitrogens with zero attached hydrogens (tertiary/aromatic N) is 2. The molecule has 1 unspecified atom stereocenters. The Hall–Kier alpha value is -2.34. The molecular weight excluding hydrogens is 292 g/mol. The number of hydrogen-bond donors (Lipinski definition) is 2. The SMILES string of the molecule is CNC(C(=O)NCCc1ccc(C)c(OC)c1)c1cnn(C)c1. The highest BCUT2D eigenvalue weighted by Gasteiger charge is 2.19. The Bertz CT molecular complexity index is 666. The number of amides is 1. The van der Waals surface area contributed by atoms with Crippen LogP contribution in [0.4, 0.5) is 0 Å². The quantitative estimate of drug-likeness (QED) is 0.809. The van der Waals surface area contributed by atoms with Gasteiger partial charge in [-0.05, 0) is 37.6 Å². The van der Waals surface area contributed by atoms with Crippen LogP contribution in [0.15, 0.2) is 30.6 Å². The number of methoxy groups -OCH3 is 1. The van der Waals surface area contributed by atoms with Gasteiger partial charge in [0.15, 0.2) is 0 Å². The fourth-order valence-corrected chi connectivity index (χ4v) is 2.49. The second-order valence-electron chi connectivity index (χ2n) is 5.51. The van der Waals surface area contributed by atoms with Crippen LogP contribution in [-0.2, 0) is 18.3 Å². The molecule has 6 nitrogen and oxygen atoms in total. The number of rotatable bonds is 7. The number of carbonyl (C=O) groups is 1. The van der Waals surface area contributed by atoms with Crippen molar-refractivity contribution >= 4 is 5.91 Å². The minimum absolute atomic E-state index is 0.0559. The van der Waals surface area contributed by atoms with Crippen LogP contribution in [-0.4, -0.2) is 36.4 Å². The lowest BCUT2D eigenvalue weighted by molar-refractivity contribution is -0.123. The van der Waals surface area contributed by atoms with Gasteiger partial charge in [-0.25, -0.2) is 0 Å². The van der Waals surface area contributed by atoms with Crippen molar-refractivity contribution in [3.63, 3.8) is 0 Å². The van der Waals surface area contributed by atoms with Gasteiger partial charge in [0.2, 0.25) is 5.91 Å². The molecule has 0 saturated heterocycles. The van der Waals surface area contributed by atoms with E-state index in [-0.39, 0.29) is 5.91 Å². The first kappa shape index (κ1) is 17.0. The van der Waals surface area contributed by atoms with Crippen molar-refractivity contribution in [3.05, 3.63) is 47.3 Å². The summed E-state index contributed by atoms with van der Waals surface area (Å²) in [5.74, 6) is 0.817. The van der Waals surface area contributed by atoms with Gasteiger partial charge in [-0.15, -0.1) is 0 Å². The molecule has 2 N–H and O–H groups in total. The van der Waals surface area contributed by atoms with Crippen molar-refractivity contribution in [2.75, 3.05) is 20.7 Å². The van der Waals surface area contributed by atoms with Crippen LogP contribution in [0, 0.1) is 6.92 Å². The summed E-state index contributed by atoms with van der Waals surface area (Å²) in [5, 5.41) is 10.1. The Labute approximate surface area is 136 Å². The topological polar surface area (TPSA) is 68.2 Å². The minimum atomic E-state index is -0.392. The van der Waals surface area contributed by atoms with Gasteiger partial charge in [0.1, 0.15) is 11.8 Å². The minimum Gasteiger partial charge on any atom is -0.496 e. The molecule has 2 aromatic rings. The van der Waals surface area contributed by atoms with Gasteiger partial charge < -0.3 is 15.4 Å². The number of ether oxygens (including phenoxy) is 1. The molecule has 0 fully saturated rings. The Balaban J connectivity index is 1.91. The van der Waals surface area contributed by atoms with E-state index < -0.39 is 6.04 Å². The molecule has 0 spiro atoms. The third-order valence-corrected chi connectivity index (χ3v) is 3.79. The summed E-state index contributed by atoms with van der Waals surface area (Å²) in [6.45, 7) is 2.58. The Morgan fingerprint density at radius 1 is 1.43 bits per heavy atom. The Kier molecular flexibility index (Phi) is 5.76. The van der Waals surface area contributed by atoms with E-state index in [2.05, 4.69) is 21.8 Å².